The molecular formula is C16H27N3. The van der Waals surface area contributed by atoms with E-state index in [1.807, 2.05) is 0 Å². The summed E-state index contributed by atoms with van der Waals surface area (Å²) >= 11 is 0. The Bertz CT molecular complexity index is 408. The molecule has 3 heteroatoms. The van der Waals surface area contributed by atoms with Gasteiger partial charge in [0.25, 0.3) is 0 Å². The first kappa shape index (κ1) is 14.4. The predicted molar refractivity (Wildman–Crippen MR) is 82.9 cm³/mol. The van der Waals surface area contributed by atoms with Gasteiger partial charge < -0.3 is 15.5 Å². The van der Waals surface area contributed by atoms with Crippen LogP contribution in [0.1, 0.15) is 24.5 Å². The molecule has 0 spiro atoms. The molecule has 3 nitrogen and oxygen atoms in total. The molecule has 0 saturated carbocycles. The number of nitrogens with zero attached hydrogens (tertiary/aromatic N) is 2. The summed E-state index contributed by atoms with van der Waals surface area (Å²) in [7, 11) is 2.19. The molecule has 0 aliphatic carbocycles. The first-order valence-corrected chi connectivity index (χ1v) is 7.38. The fourth-order valence-electron chi connectivity index (χ4n) is 2.60. The van der Waals surface area contributed by atoms with E-state index in [-0.39, 0.29) is 6.04 Å². The van der Waals surface area contributed by atoms with Crippen LogP contribution in [0.25, 0.3) is 0 Å². The first-order chi connectivity index (χ1) is 9.10. The summed E-state index contributed by atoms with van der Waals surface area (Å²) in [5.41, 5.74) is 10.2. The molecule has 19 heavy (non-hydrogen) atoms. The Morgan fingerprint density at radius 1 is 1.21 bits per heavy atom. The van der Waals surface area contributed by atoms with Crippen LogP contribution in [0.3, 0.4) is 0 Å². The Balaban J connectivity index is 2.06. The Morgan fingerprint density at radius 2 is 1.89 bits per heavy atom. The smallest absolute Gasteiger partial charge is 0.0369 e. The maximum Gasteiger partial charge on any atom is 0.0369 e. The molecule has 0 aromatic heterocycles. The second kappa shape index (κ2) is 6.40. The zero-order valence-electron chi connectivity index (χ0n) is 12.5. The molecule has 0 radical (unpaired) electrons. The zero-order chi connectivity index (χ0) is 13.8. The highest BCUT2D eigenvalue weighted by atomic mass is 15.2. The minimum Gasteiger partial charge on any atom is -0.369 e. The number of rotatable bonds is 4. The van der Waals surface area contributed by atoms with Crippen LogP contribution in [-0.2, 0) is 6.42 Å². The van der Waals surface area contributed by atoms with Gasteiger partial charge in [0.05, 0.1) is 0 Å². The van der Waals surface area contributed by atoms with E-state index >= 15 is 0 Å². The zero-order valence-corrected chi connectivity index (χ0v) is 12.5. The Hall–Kier alpha value is -1.06. The Morgan fingerprint density at radius 3 is 2.47 bits per heavy atom. The number of hydrogen-bond donors (Lipinski definition) is 1. The van der Waals surface area contributed by atoms with Crippen molar-refractivity contribution in [1.82, 2.24) is 4.90 Å². The van der Waals surface area contributed by atoms with E-state index in [4.69, 9.17) is 5.73 Å². The van der Waals surface area contributed by atoms with E-state index in [2.05, 4.69) is 48.9 Å². The van der Waals surface area contributed by atoms with Gasteiger partial charge in [-0.25, -0.2) is 0 Å². The number of aryl methyl sites for hydroxylation is 1. The lowest BCUT2D eigenvalue weighted by atomic mass is 9.99. The van der Waals surface area contributed by atoms with Gasteiger partial charge in [-0.05, 0) is 50.1 Å². The largest absolute Gasteiger partial charge is 0.369 e. The van der Waals surface area contributed by atoms with Gasteiger partial charge in [-0.2, -0.15) is 0 Å². The Labute approximate surface area is 117 Å². The third kappa shape index (κ3) is 3.71. The lowest BCUT2D eigenvalue weighted by Crippen LogP contribution is -2.44. The highest BCUT2D eigenvalue weighted by molar-refractivity contribution is 5.51. The summed E-state index contributed by atoms with van der Waals surface area (Å²) in [6, 6.07) is 7.13. The van der Waals surface area contributed by atoms with Gasteiger partial charge >= 0.3 is 0 Å². The molecular weight excluding hydrogens is 234 g/mol. The molecule has 1 fully saturated rings. The van der Waals surface area contributed by atoms with Crippen LogP contribution in [-0.4, -0.2) is 44.2 Å². The highest BCUT2D eigenvalue weighted by Crippen LogP contribution is 2.21. The standard InChI is InChI=1S/C16H27N3/c1-4-15(17)12-14-5-6-16(11-13(14)2)19-9-7-18(3)8-10-19/h5-6,11,15H,4,7-10,12,17H2,1-3H3. The fraction of sp³-hybridized carbons (Fsp3) is 0.625. The van der Waals surface area contributed by atoms with E-state index < -0.39 is 0 Å². The van der Waals surface area contributed by atoms with Crippen molar-refractivity contribution < 1.29 is 0 Å². The monoisotopic (exact) mass is 261 g/mol. The van der Waals surface area contributed by atoms with Crippen LogP contribution in [0.2, 0.25) is 0 Å². The van der Waals surface area contributed by atoms with Crippen LogP contribution in [0.15, 0.2) is 18.2 Å². The fourth-order valence-corrected chi connectivity index (χ4v) is 2.60. The van der Waals surface area contributed by atoms with Crippen molar-refractivity contribution in [2.45, 2.75) is 32.7 Å². The summed E-state index contributed by atoms with van der Waals surface area (Å²) in [6.07, 6.45) is 2.03. The van der Waals surface area contributed by atoms with E-state index in [1.165, 1.54) is 16.8 Å². The minimum atomic E-state index is 0.285. The van der Waals surface area contributed by atoms with Crippen molar-refractivity contribution in [3.63, 3.8) is 0 Å². The van der Waals surface area contributed by atoms with Crippen molar-refractivity contribution in [3.05, 3.63) is 29.3 Å². The number of benzene rings is 1. The molecule has 1 aliphatic rings. The maximum atomic E-state index is 6.05. The molecule has 1 unspecified atom stereocenters. The molecule has 106 valence electrons. The van der Waals surface area contributed by atoms with Crippen molar-refractivity contribution in [1.29, 1.82) is 0 Å². The van der Waals surface area contributed by atoms with E-state index in [9.17, 15) is 0 Å². The summed E-state index contributed by atoms with van der Waals surface area (Å²) in [4.78, 5) is 4.87. The molecule has 0 amide bonds. The second-order valence-electron chi connectivity index (χ2n) is 5.77. The third-order valence-corrected chi connectivity index (χ3v) is 4.20. The SMILES string of the molecule is CCC(N)Cc1ccc(N2CCN(C)CC2)cc1C. The third-order valence-electron chi connectivity index (χ3n) is 4.20. The molecule has 1 heterocycles. The molecule has 2 rings (SSSR count). The van der Waals surface area contributed by atoms with Gasteiger partial charge in [0.1, 0.15) is 0 Å². The predicted octanol–water partition coefficient (Wildman–Crippen LogP) is 2.03. The molecule has 2 N–H and O–H groups in total. The number of hydrogen-bond acceptors (Lipinski definition) is 3. The molecule has 0 bridgehead atoms. The normalized spacial score (nSPS) is 18.6. The van der Waals surface area contributed by atoms with E-state index in [0.29, 0.717) is 0 Å². The van der Waals surface area contributed by atoms with Crippen LogP contribution in [0.4, 0.5) is 5.69 Å². The van der Waals surface area contributed by atoms with Crippen molar-refractivity contribution in [2.24, 2.45) is 5.73 Å². The average Bonchev–Trinajstić information content (AvgIpc) is 2.41. The van der Waals surface area contributed by atoms with Gasteiger partial charge in [-0.3, -0.25) is 0 Å². The lowest BCUT2D eigenvalue weighted by molar-refractivity contribution is 0.313. The summed E-state index contributed by atoms with van der Waals surface area (Å²) in [5.74, 6) is 0. The van der Waals surface area contributed by atoms with Crippen LogP contribution < -0.4 is 10.6 Å². The van der Waals surface area contributed by atoms with Gasteiger partial charge in [0.15, 0.2) is 0 Å². The minimum absolute atomic E-state index is 0.285. The topological polar surface area (TPSA) is 32.5 Å². The quantitative estimate of drug-likeness (QED) is 0.900. The van der Waals surface area contributed by atoms with Crippen molar-refractivity contribution in [2.75, 3.05) is 38.1 Å². The van der Waals surface area contributed by atoms with Gasteiger partial charge in [-0.15, -0.1) is 0 Å². The average molecular weight is 261 g/mol. The highest BCUT2D eigenvalue weighted by Gasteiger charge is 2.15. The number of anilines is 1. The van der Waals surface area contributed by atoms with E-state index in [0.717, 1.165) is 39.0 Å². The molecule has 1 aromatic rings. The molecule has 1 aromatic carbocycles. The van der Waals surface area contributed by atoms with Crippen molar-refractivity contribution >= 4 is 5.69 Å². The van der Waals surface area contributed by atoms with Crippen LogP contribution >= 0.6 is 0 Å². The Kier molecular flexibility index (Phi) is 4.83. The summed E-state index contributed by atoms with van der Waals surface area (Å²) in [6.45, 7) is 8.92. The molecule has 1 aliphatic heterocycles. The number of likely N-dealkylation sites (N-methyl/N-ethyl adjacent to an activating group) is 1. The number of piperazine rings is 1. The summed E-state index contributed by atoms with van der Waals surface area (Å²) in [5, 5.41) is 0. The van der Waals surface area contributed by atoms with Gasteiger partial charge in [0.2, 0.25) is 0 Å². The van der Waals surface area contributed by atoms with Crippen LogP contribution in [0.5, 0.6) is 0 Å². The van der Waals surface area contributed by atoms with Crippen LogP contribution in [0, 0.1) is 6.92 Å². The maximum absolute atomic E-state index is 6.05. The molecule has 1 atom stereocenters. The lowest BCUT2D eigenvalue weighted by Gasteiger charge is -2.34. The van der Waals surface area contributed by atoms with Gasteiger partial charge in [-0.1, -0.05) is 13.0 Å². The summed E-state index contributed by atoms with van der Waals surface area (Å²) < 4.78 is 0. The first-order valence-electron chi connectivity index (χ1n) is 7.38. The molecule has 1 saturated heterocycles. The van der Waals surface area contributed by atoms with E-state index in [1.54, 1.807) is 0 Å². The second-order valence-corrected chi connectivity index (χ2v) is 5.77. The number of nitrogens with two attached hydrogens (primary N) is 1. The van der Waals surface area contributed by atoms with Gasteiger partial charge in [0, 0.05) is 37.9 Å². The van der Waals surface area contributed by atoms with Crippen molar-refractivity contribution in [3.8, 4) is 0 Å².